The van der Waals surface area contributed by atoms with Gasteiger partial charge >= 0.3 is 0 Å². The van der Waals surface area contributed by atoms with Gasteiger partial charge in [0, 0.05) is 19.8 Å². The summed E-state index contributed by atoms with van der Waals surface area (Å²) in [6.07, 6.45) is 1.39. The molecule has 0 spiro atoms. The van der Waals surface area contributed by atoms with Crippen molar-refractivity contribution in [1.82, 2.24) is 4.98 Å². The van der Waals surface area contributed by atoms with Crippen LogP contribution in [0.25, 0.3) is 0 Å². The van der Waals surface area contributed by atoms with Crippen molar-refractivity contribution in [1.29, 1.82) is 5.26 Å². The van der Waals surface area contributed by atoms with Gasteiger partial charge in [0.1, 0.15) is 11.0 Å². The Hall–Kier alpha value is -1.35. The lowest BCUT2D eigenvalue weighted by atomic mass is 9.76. The van der Waals surface area contributed by atoms with E-state index in [2.05, 4.69) is 22.9 Å². The molecule has 0 aliphatic carbocycles. The Labute approximate surface area is 135 Å². The molecule has 5 nitrogen and oxygen atoms in total. The molecule has 6 heteroatoms. The van der Waals surface area contributed by atoms with Gasteiger partial charge in [0.05, 0.1) is 30.7 Å². The number of hydrogen-bond acceptors (Lipinski definition) is 5. The van der Waals surface area contributed by atoms with E-state index in [1.165, 1.54) is 0 Å². The first-order valence-electron chi connectivity index (χ1n) is 7.66. The number of aromatic nitrogens is 1. The Balaban J connectivity index is 1.97. The Morgan fingerprint density at radius 3 is 2.77 bits per heavy atom. The van der Waals surface area contributed by atoms with E-state index in [0.717, 1.165) is 17.9 Å². The average Bonchev–Trinajstić information content (AvgIpc) is 2.55. The van der Waals surface area contributed by atoms with Crippen molar-refractivity contribution in [3.05, 3.63) is 22.8 Å². The number of pyridine rings is 1. The first-order valence-corrected chi connectivity index (χ1v) is 8.04. The summed E-state index contributed by atoms with van der Waals surface area (Å²) in [5.41, 5.74) is 0.432. The number of nitrogens with zero attached hydrogens (tertiary/aromatic N) is 3. The molecule has 2 saturated heterocycles. The van der Waals surface area contributed by atoms with Crippen LogP contribution in [0.15, 0.2) is 12.1 Å². The minimum atomic E-state index is -0.519. The third-order valence-corrected chi connectivity index (χ3v) is 4.75. The fourth-order valence-corrected chi connectivity index (χ4v) is 3.36. The first-order chi connectivity index (χ1) is 10.6. The minimum absolute atomic E-state index is 0.250. The van der Waals surface area contributed by atoms with Crippen LogP contribution in [-0.2, 0) is 14.9 Å². The van der Waals surface area contributed by atoms with Crippen LogP contribution < -0.4 is 4.90 Å². The van der Waals surface area contributed by atoms with Crippen molar-refractivity contribution in [2.75, 3.05) is 37.9 Å². The third-order valence-electron chi connectivity index (χ3n) is 4.56. The molecule has 2 fully saturated rings. The highest BCUT2D eigenvalue weighted by molar-refractivity contribution is 6.29. The predicted octanol–water partition coefficient (Wildman–Crippen LogP) is 2.53. The molecule has 3 heterocycles. The molecule has 3 rings (SSSR count). The molecule has 1 aromatic heterocycles. The molecule has 0 bridgehead atoms. The highest BCUT2D eigenvalue weighted by atomic mass is 35.5. The molecule has 0 amide bonds. The molecule has 0 saturated carbocycles. The second kappa shape index (κ2) is 6.41. The lowest BCUT2D eigenvalue weighted by Gasteiger charge is -2.36. The van der Waals surface area contributed by atoms with Crippen molar-refractivity contribution < 1.29 is 9.47 Å². The minimum Gasteiger partial charge on any atom is -0.381 e. The molecule has 22 heavy (non-hydrogen) atoms. The van der Waals surface area contributed by atoms with E-state index < -0.39 is 5.41 Å². The fourth-order valence-electron chi connectivity index (χ4n) is 3.16. The van der Waals surface area contributed by atoms with Crippen LogP contribution >= 0.6 is 11.6 Å². The van der Waals surface area contributed by atoms with Gasteiger partial charge in [-0.05, 0) is 37.5 Å². The molecule has 118 valence electrons. The summed E-state index contributed by atoms with van der Waals surface area (Å²) >= 11 is 6.25. The van der Waals surface area contributed by atoms with Crippen molar-refractivity contribution in [3.63, 3.8) is 0 Å². The SMILES string of the molecule is C[C@@H]1COCCN1c1cc(C2(C#N)CCOCC2)cc(Cl)n1. The molecular weight excluding hydrogens is 302 g/mol. The quantitative estimate of drug-likeness (QED) is 0.783. The number of ether oxygens (including phenoxy) is 2. The number of halogens is 1. The highest BCUT2D eigenvalue weighted by Crippen LogP contribution is 2.37. The maximum Gasteiger partial charge on any atom is 0.131 e. The van der Waals surface area contributed by atoms with Gasteiger partial charge in [-0.2, -0.15) is 5.26 Å². The zero-order valence-electron chi connectivity index (χ0n) is 12.7. The van der Waals surface area contributed by atoms with Gasteiger partial charge in [0.15, 0.2) is 0 Å². The van der Waals surface area contributed by atoms with E-state index in [9.17, 15) is 5.26 Å². The molecule has 0 N–H and O–H groups in total. The summed E-state index contributed by atoms with van der Waals surface area (Å²) in [7, 11) is 0. The summed E-state index contributed by atoms with van der Waals surface area (Å²) < 4.78 is 10.9. The molecule has 2 aliphatic heterocycles. The molecule has 0 aromatic carbocycles. The molecule has 1 atom stereocenters. The van der Waals surface area contributed by atoms with Crippen LogP contribution in [0, 0.1) is 11.3 Å². The first kappa shape index (κ1) is 15.5. The summed E-state index contributed by atoms with van der Waals surface area (Å²) in [6.45, 7) is 5.48. The van der Waals surface area contributed by atoms with E-state index in [4.69, 9.17) is 21.1 Å². The van der Waals surface area contributed by atoms with Gasteiger partial charge in [-0.3, -0.25) is 0 Å². The second-order valence-electron chi connectivity index (χ2n) is 5.96. The van der Waals surface area contributed by atoms with Crippen molar-refractivity contribution >= 4 is 17.4 Å². The Bertz CT molecular complexity index is 581. The van der Waals surface area contributed by atoms with Crippen LogP contribution in [0.4, 0.5) is 5.82 Å². The summed E-state index contributed by atoms with van der Waals surface area (Å²) in [4.78, 5) is 6.66. The monoisotopic (exact) mass is 321 g/mol. The largest absolute Gasteiger partial charge is 0.381 e. The van der Waals surface area contributed by atoms with Gasteiger partial charge in [0.2, 0.25) is 0 Å². The third kappa shape index (κ3) is 2.91. The van der Waals surface area contributed by atoms with Crippen molar-refractivity contribution in [3.8, 4) is 6.07 Å². The number of hydrogen-bond donors (Lipinski definition) is 0. The van der Waals surface area contributed by atoms with Gasteiger partial charge in [-0.25, -0.2) is 4.98 Å². The van der Waals surface area contributed by atoms with E-state index >= 15 is 0 Å². The number of rotatable bonds is 2. The zero-order valence-corrected chi connectivity index (χ0v) is 13.5. The summed E-state index contributed by atoms with van der Waals surface area (Å²) in [5.74, 6) is 0.833. The second-order valence-corrected chi connectivity index (χ2v) is 6.35. The van der Waals surface area contributed by atoms with Crippen LogP contribution in [0.1, 0.15) is 25.3 Å². The number of anilines is 1. The van der Waals surface area contributed by atoms with Crippen LogP contribution in [0.2, 0.25) is 5.15 Å². The highest BCUT2D eigenvalue weighted by Gasteiger charge is 2.36. The fraction of sp³-hybridized carbons (Fsp3) is 0.625. The maximum atomic E-state index is 9.74. The van der Waals surface area contributed by atoms with E-state index in [0.29, 0.717) is 44.4 Å². The van der Waals surface area contributed by atoms with Crippen molar-refractivity contribution in [2.24, 2.45) is 0 Å². The van der Waals surface area contributed by atoms with Crippen LogP contribution in [0.5, 0.6) is 0 Å². The van der Waals surface area contributed by atoms with Gasteiger partial charge < -0.3 is 14.4 Å². The number of nitriles is 1. The van der Waals surface area contributed by atoms with E-state index in [1.807, 2.05) is 12.1 Å². The standard InChI is InChI=1S/C16H20ClN3O2/c1-12-10-22-7-4-20(12)15-9-13(8-14(17)19-15)16(11-18)2-5-21-6-3-16/h8-9,12H,2-7,10H2,1H3/t12-/m1/s1. The molecule has 1 aromatic rings. The van der Waals surface area contributed by atoms with Crippen molar-refractivity contribution in [2.45, 2.75) is 31.2 Å². The molecule has 2 aliphatic rings. The van der Waals surface area contributed by atoms with Crippen LogP contribution in [0.3, 0.4) is 0 Å². The molecular formula is C16H20ClN3O2. The predicted molar refractivity (Wildman–Crippen MR) is 84.2 cm³/mol. The summed E-state index contributed by atoms with van der Waals surface area (Å²) in [5, 5.41) is 10.2. The van der Waals surface area contributed by atoms with E-state index in [1.54, 1.807) is 0 Å². The lowest BCUT2D eigenvalue weighted by Crippen LogP contribution is -2.44. The molecule has 0 radical (unpaired) electrons. The molecule has 0 unspecified atom stereocenters. The lowest BCUT2D eigenvalue weighted by molar-refractivity contribution is 0.0675. The average molecular weight is 322 g/mol. The topological polar surface area (TPSA) is 58.4 Å². The Morgan fingerprint density at radius 1 is 1.32 bits per heavy atom. The number of morpholine rings is 1. The van der Waals surface area contributed by atoms with Gasteiger partial charge in [-0.15, -0.1) is 0 Å². The Morgan fingerprint density at radius 2 is 2.09 bits per heavy atom. The summed E-state index contributed by atoms with van der Waals surface area (Å²) in [6, 6.07) is 6.58. The normalized spacial score (nSPS) is 24.8. The smallest absolute Gasteiger partial charge is 0.131 e. The Kier molecular flexibility index (Phi) is 4.53. The van der Waals surface area contributed by atoms with Gasteiger partial charge in [-0.1, -0.05) is 11.6 Å². The van der Waals surface area contributed by atoms with Gasteiger partial charge in [0.25, 0.3) is 0 Å². The van der Waals surface area contributed by atoms with Crippen LogP contribution in [-0.4, -0.2) is 44.0 Å². The maximum absolute atomic E-state index is 9.74. The zero-order chi connectivity index (χ0) is 15.6. The van der Waals surface area contributed by atoms with E-state index in [-0.39, 0.29) is 6.04 Å².